The quantitative estimate of drug-likeness (QED) is 0.467. The summed E-state index contributed by atoms with van der Waals surface area (Å²) in [5, 5.41) is 20.0. The predicted molar refractivity (Wildman–Crippen MR) is 86.2 cm³/mol. The molecule has 0 aliphatic heterocycles. The first-order valence-corrected chi connectivity index (χ1v) is 7.90. The number of unbranched alkanes of at least 4 members (excludes halogenated alkanes) is 5. The first kappa shape index (κ1) is 16.6. The van der Waals surface area contributed by atoms with Gasteiger partial charge in [0, 0.05) is 5.56 Å². The summed E-state index contributed by atoms with van der Waals surface area (Å²) >= 11 is 0. The molecule has 0 unspecified atom stereocenters. The van der Waals surface area contributed by atoms with Gasteiger partial charge in [-0.15, -0.1) is 0 Å². The van der Waals surface area contributed by atoms with E-state index < -0.39 is 0 Å². The van der Waals surface area contributed by atoms with E-state index in [1.807, 2.05) is 6.08 Å². The summed E-state index contributed by atoms with van der Waals surface area (Å²) in [7, 11) is 0. The standard InChI is InChI=1S/C18H28O2/c1-3-5-7-9-11-15-13-18(20)16(14-17(15)19)12-10-8-6-4-2/h9,11,13-14,19-20H,3-8,10,12H2,1-2H3/b11-9+. The Hall–Kier alpha value is -1.44. The van der Waals surface area contributed by atoms with E-state index in [1.54, 1.807) is 12.1 Å². The highest BCUT2D eigenvalue weighted by molar-refractivity contribution is 5.60. The van der Waals surface area contributed by atoms with E-state index >= 15 is 0 Å². The Balaban J connectivity index is 2.63. The molecule has 0 spiro atoms. The number of hydrogen-bond donors (Lipinski definition) is 2. The van der Waals surface area contributed by atoms with E-state index in [4.69, 9.17) is 0 Å². The molecule has 0 bridgehead atoms. The lowest BCUT2D eigenvalue weighted by Gasteiger charge is -2.08. The highest BCUT2D eigenvalue weighted by Gasteiger charge is 2.06. The smallest absolute Gasteiger partial charge is 0.123 e. The molecule has 0 aliphatic rings. The van der Waals surface area contributed by atoms with Crippen molar-refractivity contribution in [1.82, 2.24) is 0 Å². The van der Waals surface area contributed by atoms with Crippen molar-refractivity contribution in [3.8, 4) is 11.5 Å². The van der Waals surface area contributed by atoms with Crippen LogP contribution in [0.5, 0.6) is 11.5 Å². The van der Waals surface area contributed by atoms with Gasteiger partial charge in [-0.25, -0.2) is 0 Å². The summed E-state index contributed by atoms with van der Waals surface area (Å²) in [5.74, 6) is 0.565. The molecule has 0 aliphatic carbocycles. The van der Waals surface area contributed by atoms with Crippen LogP contribution in [0.3, 0.4) is 0 Å². The van der Waals surface area contributed by atoms with E-state index in [2.05, 4.69) is 19.9 Å². The lowest BCUT2D eigenvalue weighted by Crippen LogP contribution is -1.89. The van der Waals surface area contributed by atoms with Crippen LogP contribution in [0.15, 0.2) is 18.2 Å². The van der Waals surface area contributed by atoms with Gasteiger partial charge >= 0.3 is 0 Å². The summed E-state index contributed by atoms with van der Waals surface area (Å²) in [6.45, 7) is 4.34. The fourth-order valence-electron chi connectivity index (χ4n) is 2.24. The van der Waals surface area contributed by atoms with Crippen LogP contribution in [-0.4, -0.2) is 10.2 Å². The number of phenols is 2. The third kappa shape index (κ3) is 5.68. The van der Waals surface area contributed by atoms with E-state index in [1.165, 1.54) is 19.3 Å². The zero-order valence-electron chi connectivity index (χ0n) is 12.9. The van der Waals surface area contributed by atoms with Crippen LogP contribution in [0.25, 0.3) is 6.08 Å². The van der Waals surface area contributed by atoms with Crippen LogP contribution in [0.4, 0.5) is 0 Å². The summed E-state index contributed by atoms with van der Waals surface area (Å²) in [6, 6.07) is 3.38. The van der Waals surface area contributed by atoms with Crippen molar-refractivity contribution in [2.24, 2.45) is 0 Å². The minimum atomic E-state index is 0.265. The summed E-state index contributed by atoms with van der Waals surface area (Å²) in [5.41, 5.74) is 1.56. The zero-order valence-corrected chi connectivity index (χ0v) is 12.9. The van der Waals surface area contributed by atoms with Gasteiger partial charge in [0.15, 0.2) is 0 Å². The molecule has 0 aromatic heterocycles. The fourth-order valence-corrected chi connectivity index (χ4v) is 2.24. The van der Waals surface area contributed by atoms with E-state index in [0.717, 1.165) is 37.7 Å². The Morgan fingerprint density at radius 1 is 0.900 bits per heavy atom. The average Bonchev–Trinajstić information content (AvgIpc) is 2.44. The molecule has 1 aromatic carbocycles. The number of benzene rings is 1. The normalized spacial score (nSPS) is 11.3. The molecule has 0 fully saturated rings. The molecule has 0 amide bonds. The van der Waals surface area contributed by atoms with Crippen molar-refractivity contribution >= 4 is 6.08 Å². The van der Waals surface area contributed by atoms with Crippen LogP contribution >= 0.6 is 0 Å². The number of aromatic hydroxyl groups is 2. The Kier molecular flexibility index (Phi) is 7.86. The van der Waals surface area contributed by atoms with Crippen molar-refractivity contribution in [2.45, 2.75) is 65.2 Å². The van der Waals surface area contributed by atoms with Gasteiger partial charge in [-0.3, -0.25) is 0 Å². The minimum absolute atomic E-state index is 0.265. The molecule has 1 aromatic rings. The van der Waals surface area contributed by atoms with Gasteiger partial charge in [0.05, 0.1) is 0 Å². The van der Waals surface area contributed by atoms with E-state index in [9.17, 15) is 10.2 Å². The molecule has 0 saturated carbocycles. The molecule has 0 atom stereocenters. The summed E-state index contributed by atoms with van der Waals surface area (Å²) in [6.07, 6.45) is 12.8. The Bertz CT molecular complexity index is 422. The minimum Gasteiger partial charge on any atom is -0.508 e. The summed E-state index contributed by atoms with van der Waals surface area (Å²) < 4.78 is 0. The second kappa shape index (κ2) is 9.46. The summed E-state index contributed by atoms with van der Waals surface area (Å²) in [4.78, 5) is 0. The van der Waals surface area contributed by atoms with Gasteiger partial charge < -0.3 is 10.2 Å². The number of rotatable bonds is 9. The first-order chi connectivity index (χ1) is 9.69. The first-order valence-electron chi connectivity index (χ1n) is 7.90. The fraction of sp³-hybridized carbons (Fsp3) is 0.556. The van der Waals surface area contributed by atoms with Crippen molar-refractivity contribution in [2.75, 3.05) is 0 Å². The molecule has 2 nitrogen and oxygen atoms in total. The maximum Gasteiger partial charge on any atom is 0.123 e. The molecule has 20 heavy (non-hydrogen) atoms. The highest BCUT2D eigenvalue weighted by Crippen LogP contribution is 2.29. The van der Waals surface area contributed by atoms with E-state index in [-0.39, 0.29) is 5.75 Å². The van der Waals surface area contributed by atoms with Crippen molar-refractivity contribution in [3.05, 3.63) is 29.3 Å². The lowest BCUT2D eigenvalue weighted by atomic mass is 10.0. The maximum atomic E-state index is 10.0. The van der Waals surface area contributed by atoms with Crippen LogP contribution in [-0.2, 0) is 6.42 Å². The SMILES string of the molecule is CCCC/C=C/c1cc(O)c(CCCCCC)cc1O. The Morgan fingerprint density at radius 3 is 2.35 bits per heavy atom. The third-order valence-corrected chi connectivity index (χ3v) is 3.55. The van der Waals surface area contributed by atoms with Crippen LogP contribution in [0, 0.1) is 0 Å². The molecule has 2 N–H and O–H groups in total. The van der Waals surface area contributed by atoms with Crippen molar-refractivity contribution in [3.63, 3.8) is 0 Å². The van der Waals surface area contributed by atoms with E-state index in [0.29, 0.717) is 11.3 Å². The second-order valence-corrected chi connectivity index (χ2v) is 5.39. The maximum absolute atomic E-state index is 10.0. The lowest BCUT2D eigenvalue weighted by molar-refractivity contribution is 0.451. The molecule has 0 radical (unpaired) electrons. The molecule has 0 saturated heterocycles. The second-order valence-electron chi connectivity index (χ2n) is 5.39. The Labute approximate surface area is 123 Å². The van der Waals surface area contributed by atoms with Crippen molar-refractivity contribution < 1.29 is 10.2 Å². The topological polar surface area (TPSA) is 40.5 Å². The highest BCUT2D eigenvalue weighted by atomic mass is 16.3. The molecule has 2 heteroatoms. The Morgan fingerprint density at radius 2 is 1.65 bits per heavy atom. The van der Waals surface area contributed by atoms with Gasteiger partial charge in [-0.1, -0.05) is 58.1 Å². The predicted octanol–water partition coefficient (Wildman–Crippen LogP) is 5.42. The molecular formula is C18H28O2. The van der Waals surface area contributed by atoms with Gasteiger partial charge in [-0.2, -0.15) is 0 Å². The number of phenolic OH excluding ortho intramolecular Hbond substituents is 2. The van der Waals surface area contributed by atoms with Crippen molar-refractivity contribution in [1.29, 1.82) is 0 Å². The van der Waals surface area contributed by atoms with Gasteiger partial charge in [0.2, 0.25) is 0 Å². The number of aryl methyl sites for hydroxylation is 1. The molecule has 1 rings (SSSR count). The largest absolute Gasteiger partial charge is 0.508 e. The molecule has 0 heterocycles. The van der Waals surface area contributed by atoms with Crippen LogP contribution in [0.2, 0.25) is 0 Å². The van der Waals surface area contributed by atoms with Gasteiger partial charge in [0.1, 0.15) is 11.5 Å². The van der Waals surface area contributed by atoms with Crippen LogP contribution in [0.1, 0.15) is 69.9 Å². The van der Waals surface area contributed by atoms with Crippen LogP contribution < -0.4 is 0 Å². The van der Waals surface area contributed by atoms with Gasteiger partial charge in [0.25, 0.3) is 0 Å². The number of hydrogen-bond acceptors (Lipinski definition) is 2. The monoisotopic (exact) mass is 276 g/mol. The molecule has 112 valence electrons. The zero-order chi connectivity index (χ0) is 14.8. The average molecular weight is 276 g/mol. The van der Waals surface area contributed by atoms with Gasteiger partial charge in [-0.05, 0) is 37.0 Å². The third-order valence-electron chi connectivity index (χ3n) is 3.55. The number of allylic oxidation sites excluding steroid dienone is 1. The molecular weight excluding hydrogens is 248 g/mol.